The number of carbonyl (C=O) groups is 1. The van der Waals surface area contributed by atoms with Gasteiger partial charge in [-0.3, -0.25) is 4.79 Å². The van der Waals surface area contributed by atoms with Gasteiger partial charge in [0.2, 0.25) is 0 Å². The summed E-state index contributed by atoms with van der Waals surface area (Å²) in [7, 11) is 0. The fraction of sp³-hybridized carbons (Fsp3) is 0.688. The molecule has 1 aromatic rings. The molecule has 1 aromatic heterocycles. The zero-order chi connectivity index (χ0) is 15.1. The van der Waals surface area contributed by atoms with Gasteiger partial charge in [-0.05, 0) is 25.2 Å². The minimum Gasteiger partial charge on any atom is -0.355 e. The molecule has 0 saturated carbocycles. The quantitative estimate of drug-likeness (QED) is 0.818. The third kappa shape index (κ3) is 4.69. The molecule has 2 rings (SSSR count). The summed E-state index contributed by atoms with van der Waals surface area (Å²) in [6.45, 7) is 7.19. The highest BCUT2D eigenvalue weighted by Gasteiger charge is 2.17. The number of piperidine rings is 1. The second kappa shape index (κ2) is 7.96. The second-order valence-corrected chi connectivity index (χ2v) is 5.89. The molecule has 21 heavy (non-hydrogen) atoms. The molecule has 1 aliphatic rings. The van der Waals surface area contributed by atoms with Crippen molar-refractivity contribution in [1.82, 2.24) is 15.3 Å². The maximum Gasteiger partial charge on any atom is 0.271 e. The van der Waals surface area contributed by atoms with Crippen molar-refractivity contribution in [2.75, 3.05) is 24.5 Å². The van der Waals surface area contributed by atoms with E-state index in [1.807, 2.05) is 0 Å². The van der Waals surface area contributed by atoms with Crippen LogP contribution in [0.5, 0.6) is 0 Å². The minimum atomic E-state index is -0.127. The first-order valence-electron chi connectivity index (χ1n) is 8.06. The van der Waals surface area contributed by atoms with Crippen LogP contribution < -0.4 is 10.2 Å². The Hall–Kier alpha value is -1.65. The van der Waals surface area contributed by atoms with Gasteiger partial charge in [-0.25, -0.2) is 9.97 Å². The minimum absolute atomic E-state index is 0.127. The van der Waals surface area contributed by atoms with Gasteiger partial charge in [0.1, 0.15) is 11.5 Å². The van der Waals surface area contributed by atoms with Crippen molar-refractivity contribution in [2.45, 2.75) is 46.0 Å². The van der Waals surface area contributed by atoms with Crippen LogP contribution in [0.1, 0.15) is 56.4 Å². The Morgan fingerprint density at radius 1 is 1.29 bits per heavy atom. The molecule has 0 spiro atoms. The lowest BCUT2D eigenvalue weighted by atomic mass is 9.99. The summed E-state index contributed by atoms with van der Waals surface area (Å²) in [5.41, 5.74) is 0.403. The lowest BCUT2D eigenvalue weighted by molar-refractivity contribution is 0.0947. The third-order valence-corrected chi connectivity index (χ3v) is 4.04. The van der Waals surface area contributed by atoms with E-state index in [0.717, 1.165) is 44.1 Å². The number of nitrogens with one attached hydrogen (secondary N) is 1. The van der Waals surface area contributed by atoms with Crippen molar-refractivity contribution in [3.05, 3.63) is 18.1 Å². The molecular formula is C16H26N4O. The van der Waals surface area contributed by atoms with Crippen LogP contribution in [0.15, 0.2) is 12.4 Å². The zero-order valence-corrected chi connectivity index (χ0v) is 13.1. The Bertz CT molecular complexity index is 438. The highest BCUT2D eigenvalue weighted by atomic mass is 16.1. The van der Waals surface area contributed by atoms with Gasteiger partial charge < -0.3 is 10.2 Å². The number of rotatable bonds is 6. The Morgan fingerprint density at radius 2 is 2.05 bits per heavy atom. The number of anilines is 1. The van der Waals surface area contributed by atoms with E-state index in [-0.39, 0.29) is 5.91 Å². The van der Waals surface area contributed by atoms with Gasteiger partial charge in [0.05, 0.1) is 12.4 Å². The van der Waals surface area contributed by atoms with E-state index in [4.69, 9.17) is 0 Å². The molecule has 0 bridgehead atoms. The summed E-state index contributed by atoms with van der Waals surface area (Å²) < 4.78 is 0. The second-order valence-electron chi connectivity index (χ2n) is 5.89. The Morgan fingerprint density at radius 3 is 2.67 bits per heavy atom. The third-order valence-electron chi connectivity index (χ3n) is 4.04. The average molecular weight is 290 g/mol. The highest BCUT2D eigenvalue weighted by molar-refractivity contribution is 5.91. The average Bonchev–Trinajstić information content (AvgIpc) is 2.52. The van der Waals surface area contributed by atoms with Crippen molar-refractivity contribution in [2.24, 2.45) is 5.92 Å². The van der Waals surface area contributed by atoms with Crippen LogP contribution in [0.25, 0.3) is 0 Å². The zero-order valence-electron chi connectivity index (χ0n) is 13.1. The summed E-state index contributed by atoms with van der Waals surface area (Å²) >= 11 is 0. The van der Waals surface area contributed by atoms with Crippen molar-refractivity contribution < 1.29 is 4.79 Å². The topological polar surface area (TPSA) is 58.1 Å². The molecule has 0 radical (unpaired) electrons. The maximum atomic E-state index is 11.9. The first kappa shape index (κ1) is 15.7. The molecule has 5 heteroatoms. The van der Waals surface area contributed by atoms with Crippen LogP contribution in [0.4, 0.5) is 5.82 Å². The van der Waals surface area contributed by atoms with Gasteiger partial charge in [-0.2, -0.15) is 0 Å². The molecule has 1 amide bonds. The van der Waals surface area contributed by atoms with E-state index in [1.54, 1.807) is 12.4 Å². The Labute approximate surface area is 127 Å². The Balaban J connectivity index is 1.85. The van der Waals surface area contributed by atoms with Crippen molar-refractivity contribution in [1.29, 1.82) is 0 Å². The van der Waals surface area contributed by atoms with E-state index in [2.05, 4.69) is 34.0 Å². The smallest absolute Gasteiger partial charge is 0.271 e. The SMILES string of the molecule is CCCCCNC(=O)c1cnc(N2CCC(C)CC2)cn1. The molecule has 1 fully saturated rings. The summed E-state index contributed by atoms with van der Waals surface area (Å²) in [6.07, 6.45) is 9.00. The van der Waals surface area contributed by atoms with Crippen LogP contribution in [-0.2, 0) is 0 Å². The van der Waals surface area contributed by atoms with Crippen LogP contribution in [-0.4, -0.2) is 35.5 Å². The van der Waals surface area contributed by atoms with E-state index in [0.29, 0.717) is 12.2 Å². The number of amides is 1. The summed E-state index contributed by atoms with van der Waals surface area (Å²) in [5, 5.41) is 2.88. The fourth-order valence-corrected chi connectivity index (χ4v) is 2.51. The van der Waals surface area contributed by atoms with Crippen LogP contribution in [0.2, 0.25) is 0 Å². The number of unbranched alkanes of at least 4 members (excludes halogenated alkanes) is 2. The first-order chi connectivity index (χ1) is 10.2. The molecule has 1 aliphatic heterocycles. The molecule has 2 heterocycles. The van der Waals surface area contributed by atoms with Crippen molar-refractivity contribution >= 4 is 11.7 Å². The molecule has 1 saturated heterocycles. The summed E-state index contributed by atoms with van der Waals surface area (Å²) in [4.78, 5) is 22.8. The fourth-order valence-electron chi connectivity index (χ4n) is 2.51. The van der Waals surface area contributed by atoms with E-state index >= 15 is 0 Å². The molecule has 0 aliphatic carbocycles. The Kier molecular flexibility index (Phi) is 5.96. The number of nitrogens with zero attached hydrogens (tertiary/aromatic N) is 3. The molecular weight excluding hydrogens is 264 g/mol. The van der Waals surface area contributed by atoms with Gasteiger partial charge in [0.25, 0.3) is 5.91 Å². The van der Waals surface area contributed by atoms with Crippen LogP contribution in [0.3, 0.4) is 0 Å². The predicted molar refractivity (Wildman–Crippen MR) is 84.5 cm³/mol. The largest absolute Gasteiger partial charge is 0.355 e. The molecule has 1 N–H and O–H groups in total. The molecule has 0 unspecified atom stereocenters. The highest BCUT2D eigenvalue weighted by Crippen LogP contribution is 2.20. The van der Waals surface area contributed by atoms with Gasteiger partial charge >= 0.3 is 0 Å². The van der Waals surface area contributed by atoms with Gasteiger partial charge in [0.15, 0.2) is 0 Å². The van der Waals surface area contributed by atoms with Gasteiger partial charge in [-0.1, -0.05) is 26.7 Å². The standard InChI is InChI=1S/C16H26N4O/c1-3-4-5-8-17-16(21)14-11-19-15(12-18-14)20-9-6-13(2)7-10-20/h11-13H,3-10H2,1-2H3,(H,17,21). The van der Waals surface area contributed by atoms with E-state index < -0.39 is 0 Å². The lowest BCUT2D eigenvalue weighted by Crippen LogP contribution is -2.33. The summed E-state index contributed by atoms with van der Waals surface area (Å²) in [6, 6.07) is 0. The summed E-state index contributed by atoms with van der Waals surface area (Å²) in [5.74, 6) is 1.55. The molecule has 0 atom stereocenters. The van der Waals surface area contributed by atoms with Crippen molar-refractivity contribution in [3.8, 4) is 0 Å². The molecule has 116 valence electrons. The van der Waals surface area contributed by atoms with Gasteiger partial charge in [0, 0.05) is 19.6 Å². The normalized spacial score (nSPS) is 16.0. The van der Waals surface area contributed by atoms with Gasteiger partial charge in [-0.15, -0.1) is 0 Å². The lowest BCUT2D eigenvalue weighted by Gasteiger charge is -2.30. The van der Waals surface area contributed by atoms with Crippen LogP contribution in [0, 0.1) is 5.92 Å². The van der Waals surface area contributed by atoms with Crippen LogP contribution >= 0.6 is 0 Å². The predicted octanol–water partition coefficient (Wildman–Crippen LogP) is 2.63. The van der Waals surface area contributed by atoms with E-state index in [1.165, 1.54) is 12.8 Å². The first-order valence-corrected chi connectivity index (χ1v) is 8.06. The number of hydrogen-bond acceptors (Lipinski definition) is 4. The van der Waals surface area contributed by atoms with E-state index in [9.17, 15) is 4.79 Å². The van der Waals surface area contributed by atoms with Crippen molar-refractivity contribution in [3.63, 3.8) is 0 Å². The molecule has 5 nitrogen and oxygen atoms in total. The molecule has 0 aromatic carbocycles. The maximum absolute atomic E-state index is 11.9. The number of hydrogen-bond donors (Lipinski definition) is 1. The number of aromatic nitrogens is 2. The monoisotopic (exact) mass is 290 g/mol. The number of carbonyl (C=O) groups excluding carboxylic acids is 1.